The largest absolute Gasteiger partial charge is 0.404 e. The van der Waals surface area contributed by atoms with Gasteiger partial charge in [0.05, 0.1) is 22.5 Å². The van der Waals surface area contributed by atoms with E-state index in [2.05, 4.69) is 11.1 Å². The summed E-state index contributed by atoms with van der Waals surface area (Å²) in [6.45, 7) is 0.703. The van der Waals surface area contributed by atoms with Crippen molar-refractivity contribution in [3.63, 3.8) is 0 Å². The van der Waals surface area contributed by atoms with Gasteiger partial charge in [0.1, 0.15) is 22.8 Å². The van der Waals surface area contributed by atoms with Crippen molar-refractivity contribution in [3.05, 3.63) is 47.9 Å². The molecule has 0 bridgehead atoms. The van der Waals surface area contributed by atoms with Crippen LogP contribution in [0.15, 0.2) is 41.4 Å². The molecule has 1 saturated carbocycles. The number of halogens is 4. The molecule has 0 amide bonds. The highest BCUT2D eigenvalue weighted by Gasteiger charge is 2.39. The second-order valence-electron chi connectivity index (χ2n) is 7.72. The molecule has 3 aromatic rings. The molecule has 0 saturated heterocycles. The fraction of sp³-hybridized carbons (Fsp3) is 0.333. The molecule has 168 valence electrons. The van der Waals surface area contributed by atoms with Gasteiger partial charge in [-0.05, 0) is 56.5 Å². The number of aromatic nitrogens is 2. The minimum atomic E-state index is -4.73. The van der Waals surface area contributed by atoms with Crippen LogP contribution in [0.25, 0.3) is 22.3 Å². The standard InChI is InChI=1S/C21H18F4N4O2S/c1-12(21(23,24)25)28-32(30,31)15-6-8-18(27-11-15)20-17(10-26)16-7-5-13(22)9-19(16)29(20)14-3-2-4-14/h5-9,11-12,14,28H,2-4H2,1H3. The molecule has 1 unspecified atom stereocenters. The molecule has 0 spiro atoms. The number of fused-ring (bicyclic) bond motifs is 1. The molecule has 2 heterocycles. The van der Waals surface area contributed by atoms with Gasteiger partial charge in [-0.25, -0.2) is 12.8 Å². The molecule has 6 nitrogen and oxygen atoms in total. The lowest BCUT2D eigenvalue weighted by Gasteiger charge is -2.30. The van der Waals surface area contributed by atoms with E-state index in [1.54, 1.807) is 4.72 Å². The third-order valence-corrected chi connectivity index (χ3v) is 7.16. The van der Waals surface area contributed by atoms with E-state index >= 15 is 0 Å². The molecule has 1 fully saturated rings. The van der Waals surface area contributed by atoms with Gasteiger partial charge in [-0.15, -0.1) is 0 Å². The summed E-state index contributed by atoms with van der Waals surface area (Å²) in [7, 11) is -4.46. The zero-order chi connectivity index (χ0) is 23.3. The van der Waals surface area contributed by atoms with Crippen LogP contribution in [0.2, 0.25) is 0 Å². The Bertz CT molecular complexity index is 1320. The second-order valence-corrected chi connectivity index (χ2v) is 9.43. The number of sulfonamides is 1. The molecule has 32 heavy (non-hydrogen) atoms. The maximum absolute atomic E-state index is 14.0. The minimum absolute atomic E-state index is 0.0379. The lowest BCUT2D eigenvalue weighted by atomic mass is 9.92. The van der Waals surface area contributed by atoms with Crippen LogP contribution < -0.4 is 4.72 Å². The zero-order valence-electron chi connectivity index (χ0n) is 16.8. The molecular formula is C21H18F4N4O2S. The minimum Gasteiger partial charge on any atom is -0.335 e. The van der Waals surface area contributed by atoms with Crippen molar-refractivity contribution in [2.75, 3.05) is 0 Å². The second kappa shape index (κ2) is 7.86. The number of nitriles is 1. The summed E-state index contributed by atoms with van der Waals surface area (Å²) in [6.07, 6.45) is -1.13. The van der Waals surface area contributed by atoms with Crippen molar-refractivity contribution in [2.24, 2.45) is 0 Å². The Morgan fingerprint density at radius 3 is 2.50 bits per heavy atom. The smallest absolute Gasteiger partial charge is 0.335 e. The maximum Gasteiger partial charge on any atom is 0.404 e. The molecule has 2 aromatic heterocycles. The van der Waals surface area contributed by atoms with Crippen LogP contribution in [-0.4, -0.2) is 30.2 Å². The number of nitrogens with one attached hydrogen (secondary N) is 1. The SMILES string of the molecule is CC(NS(=O)(=O)c1ccc(-c2c(C#N)c3ccc(F)cc3n2C2CCC2)nc1)C(F)(F)F. The van der Waals surface area contributed by atoms with E-state index in [1.165, 1.54) is 24.3 Å². The number of hydrogen-bond acceptors (Lipinski definition) is 4. The molecule has 1 N–H and O–H groups in total. The quantitative estimate of drug-likeness (QED) is 0.554. The zero-order valence-corrected chi connectivity index (χ0v) is 17.6. The summed E-state index contributed by atoms with van der Waals surface area (Å²) in [6, 6.07) is 6.50. The van der Waals surface area contributed by atoms with Crippen LogP contribution in [0, 0.1) is 17.1 Å². The summed E-state index contributed by atoms with van der Waals surface area (Å²) in [5.41, 5.74) is 1.52. The first-order valence-electron chi connectivity index (χ1n) is 9.82. The van der Waals surface area contributed by atoms with Crippen molar-refractivity contribution in [2.45, 2.75) is 49.3 Å². The van der Waals surface area contributed by atoms with E-state index in [-0.39, 0.29) is 17.3 Å². The lowest BCUT2D eigenvalue weighted by molar-refractivity contribution is -0.147. The average molecular weight is 466 g/mol. The predicted octanol–water partition coefficient (Wildman–Crippen LogP) is 4.67. The molecule has 4 rings (SSSR count). The van der Waals surface area contributed by atoms with Crippen molar-refractivity contribution >= 4 is 20.9 Å². The molecule has 0 aliphatic heterocycles. The fourth-order valence-electron chi connectivity index (χ4n) is 3.72. The van der Waals surface area contributed by atoms with E-state index in [0.29, 0.717) is 23.5 Å². The van der Waals surface area contributed by atoms with Crippen molar-refractivity contribution < 1.29 is 26.0 Å². The molecule has 1 aliphatic rings. The van der Waals surface area contributed by atoms with E-state index in [4.69, 9.17) is 0 Å². The number of pyridine rings is 1. The van der Waals surface area contributed by atoms with Crippen LogP contribution in [0.5, 0.6) is 0 Å². The van der Waals surface area contributed by atoms with Crippen molar-refractivity contribution in [1.29, 1.82) is 5.26 Å². The highest BCUT2D eigenvalue weighted by molar-refractivity contribution is 7.89. The van der Waals surface area contributed by atoms with E-state index in [9.17, 15) is 31.2 Å². The molecule has 1 aliphatic carbocycles. The number of benzene rings is 1. The van der Waals surface area contributed by atoms with Gasteiger partial charge in [-0.2, -0.15) is 23.2 Å². The van der Waals surface area contributed by atoms with E-state index in [1.807, 2.05) is 4.57 Å². The normalized spacial score (nSPS) is 16.0. The van der Waals surface area contributed by atoms with Crippen LogP contribution in [0.4, 0.5) is 17.6 Å². The van der Waals surface area contributed by atoms with Gasteiger partial charge in [-0.1, -0.05) is 0 Å². The predicted molar refractivity (Wildman–Crippen MR) is 109 cm³/mol. The summed E-state index contributed by atoms with van der Waals surface area (Å²) < 4.78 is 80.3. The van der Waals surface area contributed by atoms with Gasteiger partial charge in [0.2, 0.25) is 10.0 Å². The van der Waals surface area contributed by atoms with Crippen molar-refractivity contribution in [1.82, 2.24) is 14.3 Å². The Balaban J connectivity index is 1.80. The summed E-state index contributed by atoms with van der Waals surface area (Å²) in [4.78, 5) is 3.71. The summed E-state index contributed by atoms with van der Waals surface area (Å²) in [5.74, 6) is -0.453. The fourth-order valence-corrected chi connectivity index (χ4v) is 4.89. The van der Waals surface area contributed by atoms with E-state index < -0.39 is 33.0 Å². The van der Waals surface area contributed by atoms with Gasteiger partial charge < -0.3 is 4.57 Å². The van der Waals surface area contributed by atoms with E-state index in [0.717, 1.165) is 31.5 Å². The summed E-state index contributed by atoms with van der Waals surface area (Å²) >= 11 is 0. The number of nitrogens with zero attached hydrogens (tertiary/aromatic N) is 3. The molecule has 1 atom stereocenters. The highest BCUT2D eigenvalue weighted by Crippen LogP contribution is 2.42. The Hall–Kier alpha value is -2.97. The van der Waals surface area contributed by atoms with Gasteiger partial charge in [0, 0.05) is 17.6 Å². The average Bonchev–Trinajstić information content (AvgIpc) is 2.99. The lowest BCUT2D eigenvalue weighted by Crippen LogP contribution is -2.42. The number of hydrogen-bond donors (Lipinski definition) is 1. The molecule has 0 radical (unpaired) electrons. The monoisotopic (exact) mass is 466 g/mol. The highest BCUT2D eigenvalue weighted by atomic mass is 32.2. The van der Waals surface area contributed by atoms with Crippen LogP contribution >= 0.6 is 0 Å². The number of alkyl halides is 3. The Morgan fingerprint density at radius 2 is 1.97 bits per heavy atom. The first kappa shape index (κ1) is 22.2. The van der Waals surface area contributed by atoms with Gasteiger partial charge in [0.15, 0.2) is 0 Å². The number of rotatable bonds is 5. The third-order valence-electron chi connectivity index (χ3n) is 5.63. The topological polar surface area (TPSA) is 87.8 Å². The van der Waals surface area contributed by atoms with Gasteiger partial charge in [0.25, 0.3) is 0 Å². The first-order chi connectivity index (χ1) is 15.0. The van der Waals surface area contributed by atoms with Gasteiger partial charge in [-0.3, -0.25) is 4.98 Å². The molecule has 1 aromatic carbocycles. The molecule has 11 heteroatoms. The van der Waals surface area contributed by atoms with Crippen LogP contribution in [0.3, 0.4) is 0 Å². The third kappa shape index (κ3) is 3.84. The summed E-state index contributed by atoms with van der Waals surface area (Å²) in [5, 5.41) is 10.3. The van der Waals surface area contributed by atoms with Crippen molar-refractivity contribution in [3.8, 4) is 17.5 Å². The van der Waals surface area contributed by atoms with Crippen LogP contribution in [-0.2, 0) is 10.0 Å². The Morgan fingerprint density at radius 1 is 1.25 bits per heavy atom. The Labute approximate surface area is 181 Å². The van der Waals surface area contributed by atoms with Crippen LogP contribution in [0.1, 0.15) is 37.8 Å². The Kier molecular flexibility index (Phi) is 5.46. The molecular weight excluding hydrogens is 448 g/mol. The maximum atomic E-state index is 14.0. The van der Waals surface area contributed by atoms with Gasteiger partial charge >= 0.3 is 6.18 Å². The first-order valence-corrected chi connectivity index (χ1v) is 11.3.